The van der Waals surface area contributed by atoms with E-state index in [9.17, 15) is 0 Å². The molecule has 0 heteroatoms. The second kappa shape index (κ2) is 4.45. The summed E-state index contributed by atoms with van der Waals surface area (Å²) in [5.41, 5.74) is 12.1. The minimum atomic E-state index is 0.520. The second-order valence-corrected chi connectivity index (χ2v) is 7.98. The summed E-state index contributed by atoms with van der Waals surface area (Å²) < 4.78 is 0. The zero-order chi connectivity index (χ0) is 16.8. The van der Waals surface area contributed by atoms with Gasteiger partial charge in [0.2, 0.25) is 0 Å². The minimum absolute atomic E-state index is 0.520. The first-order chi connectivity index (χ1) is 12.9. The SMILES string of the molecule is C1=CC2C=CC=C3c4ccc5c6c4=C(CCC=6c4ccccc4-5)C(=C1)C32. The molecule has 5 aliphatic rings. The van der Waals surface area contributed by atoms with Crippen LogP contribution in [0.1, 0.15) is 24.0 Å². The number of benzene rings is 2. The Morgan fingerprint density at radius 3 is 2.19 bits per heavy atom. The van der Waals surface area contributed by atoms with Crippen LogP contribution < -0.4 is 10.4 Å². The van der Waals surface area contributed by atoms with Crippen LogP contribution in [-0.2, 0) is 0 Å². The van der Waals surface area contributed by atoms with Crippen molar-refractivity contribution in [1.82, 2.24) is 0 Å². The molecule has 0 nitrogen and oxygen atoms in total. The molecular weight excluding hydrogens is 312 g/mol. The fourth-order valence-electron chi connectivity index (χ4n) is 5.93. The van der Waals surface area contributed by atoms with E-state index in [-0.39, 0.29) is 0 Å². The monoisotopic (exact) mass is 330 g/mol. The lowest BCUT2D eigenvalue weighted by atomic mass is 9.65. The van der Waals surface area contributed by atoms with Crippen molar-refractivity contribution in [3.63, 3.8) is 0 Å². The molecule has 2 unspecified atom stereocenters. The zero-order valence-electron chi connectivity index (χ0n) is 14.5. The molecule has 0 aliphatic heterocycles. The molecule has 26 heavy (non-hydrogen) atoms. The van der Waals surface area contributed by atoms with Crippen LogP contribution >= 0.6 is 0 Å². The van der Waals surface area contributed by atoms with Gasteiger partial charge in [-0.05, 0) is 67.8 Å². The molecule has 0 aromatic heterocycles. The molecule has 0 radical (unpaired) electrons. The lowest BCUT2D eigenvalue weighted by Crippen LogP contribution is -2.41. The van der Waals surface area contributed by atoms with E-state index < -0.39 is 0 Å². The Hall–Kier alpha value is -2.86. The van der Waals surface area contributed by atoms with Gasteiger partial charge < -0.3 is 0 Å². The van der Waals surface area contributed by atoms with Crippen LogP contribution in [-0.4, -0.2) is 0 Å². The summed E-state index contributed by atoms with van der Waals surface area (Å²) in [7, 11) is 0. The number of hydrogen-bond donors (Lipinski definition) is 0. The second-order valence-electron chi connectivity index (χ2n) is 7.98. The van der Waals surface area contributed by atoms with Crippen molar-refractivity contribution in [1.29, 1.82) is 0 Å². The molecule has 122 valence electrons. The van der Waals surface area contributed by atoms with Gasteiger partial charge >= 0.3 is 0 Å². The number of rotatable bonds is 0. The van der Waals surface area contributed by atoms with E-state index in [4.69, 9.17) is 0 Å². The van der Waals surface area contributed by atoms with Gasteiger partial charge in [-0.15, -0.1) is 0 Å². The van der Waals surface area contributed by atoms with Crippen molar-refractivity contribution < 1.29 is 0 Å². The van der Waals surface area contributed by atoms with E-state index in [1.165, 1.54) is 51.1 Å². The molecular formula is C26H18. The van der Waals surface area contributed by atoms with Gasteiger partial charge in [0.05, 0.1) is 0 Å². The molecule has 0 spiro atoms. The maximum atomic E-state index is 2.40. The van der Waals surface area contributed by atoms with E-state index in [0.717, 1.165) is 0 Å². The standard InChI is InChI=1S/C26H18/c1-2-8-17-16(7-1)20-11-13-22-18-9-3-5-15-6-4-10-19(24(15)18)23-14-12-21(17)25(20)26(22)23/h1-11,13,15,24H,12,14H2. The lowest BCUT2D eigenvalue weighted by molar-refractivity contribution is 0.646. The van der Waals surface area contributed by atoms with Gasteiger partial charge in [-0.1, -0.05) is 72.9 Å². The molecule has 7 rings (SSSR count). The number of allylic oxidation sites excluding steroid dienone is 8. The summed E-state index contributed by atoms with van der Waals surface area (Å²) in [6.45, 7) is 0. The van der Waals surface area contributed by atoms with Gasteiger partial charge in [-0.25, -0.2) is 0 Å². The van der Waals surface area contributed by atoms with E-state index in [2.05, 4.69) is 72.9 Å². The molecule has 0 bridgehead atoms. The molecule has 2 aromatic rings. The van der Waals surface area contributed by atoms with Gasteiger partial charge in [-0.2, -0.15) is 0 Å². The molecule has 0 fully saturated rings. The smallest absolute Gasteiger partial charge is 0.0196 e. The Kier molecular flexibility index (Phi) is 2.29. The van der Waals surface area contributed by atoms with Crippen molar-refractivity contribution in [2.45, 2.75) is 12.8 Å². The Morgan fingerprint density at radius 2 is 1.31 bits per heavy atom. The average Bonchev–Trinajstić information content (AvgIpc) is 3.04. The van der Waals surface area contributed by atoms with Crippen LogP contribution in [0.3, 0.4) is 0 Å². The van der Waals surface area contributed by atoms with Gasteiger partial charge in [0.1, 0.15) is 0 Å². The molecule has 0 N–H and O–H groups in total. The maximum Gasteiger partial charge on any atom is 0.0196 e. The molecule has 0 amide bonds. The molecule has 0 heterocycles. The van der Waals surface area contributed by atoms with Crippen LogP contribution in [0.25, 0.3) is 27.8 Å². The normalized spacial score (nSPS) is 25.4. The highest BCUT2D eigenvalue weighted by molar-refractivity contribution is 5.96. The highest BCUT2D eigenvalue weighted by atomic mass is 14.4. The van der Waals surface area contributed by atoms with Crippen molar-refractivity contribution in [2.75, 3.05) is 0 Å². The quantitative estimate of drug-likeness (QED) is 0.667. The fourth-order valence-corrected chi connectivity index (χ4v) is 5.93. The summed E-state index contributed by atoms with van der Waals surface area (Å²) in [5, 5.41) is 3.07. The van der Waals surface area contributed by atoms with Gasteiger partial charge in [0.25, 0.3) is 0 Å². The Morgan fingerprint density at radius 1 is 0.615 bits per heavy atom. The molecule has 0 saturated carbocycles. The van der Waals surface area contributed by atoms with E-state index in [0.29, 0.717) is 11.8 Å². The Labute approximate surface area is 152 Å². The van der Waals surface area contributed by atoms with Crippen LogP contribution in [0.4, 0.5) is 0 Å². The highest BCUT2D eigenvalue weighted by Gasteiger charge is 2.37. The molecule has 0 saturated heterocycles. The van der Waals surface area contributed by atoms with Crippen LogP contribution in [0.2, 0.25) is 0 Å². The number of fused-ring (bicyclic) bond motifs is 5. The first-order valence-electron chi connectivity index (χ1n) is 9.68. The highest BCUT2D eigenvalue weighted by Crippen LogP contribution is 2.48. The third-order valence-corrected chi connectivity index (χ3v) is 6.91. The fraction of sp³-hybridized carbons (Fsp3) is 0.154. The third kappa shape index (κ3) is 1.40. The summed E-state index contributed by atoms with van der Waals surface area (Å²) >= 11 is 0. The third-order valence-electron chi connectivity index (χ3n) is 6.91. The van der Waals surface area contributed by atoms with E-state index in [1.807, 2.05) is 0 Å². The predicted octanol–water partition coefficient (Wildman–Crippen LogP) is 4.51. The Balaban J connectivity index is 1.71. The van der Waals surface area contributed by atoms with Crippen LogP contribution in [0.5, 0.6) is 0 Å². The lowest BCUT2D eigenvalue weighted by Gasteiger charge is -2.38. The Bertz CT molecular complexity index is 1270. The van der Waals surface area contributed by atoms with E-state index in [1.54, 1.807) is 16.7 Å². The summed E-state index contributed by atoms with van der Waals surface area (Å²) in [5.74, 6) is 1.04. The summed E-state index contributed by atoms with van der Waals surface area (Å²) in [6.07, 6.45) is 16.4. The molecule has 5 aliphatic carbocycles. The summed E-state index contributed by atoms with van der Waals surface area (Å²) in [4.78, 5) is 0. The minimum Gasteiger partial charge on any atom is -0.0767 e. The topological polar surface area (TPSA) is 0 Å². The maximum absolute atomic E-state index is 2.40. The van der Waals surface area contributed by atoms with Crippen molar-refractivity contribution in [3.8, 4) is 11.1 Å². The largest absolute Gasteiger partial charge is 0.0767 e. The first kappa shape index (κ1) is 13.4. The van der Waals surface area contributed by atoms with E-state index >= 15 is 0 Å². The van der Waals surface area contributed by atoms with Crippen molar-refractivity contribution in [2.24, 2.45) is 11.8 Å². The summed E-state index contributed by atoms with van der Waals surface area (Å²) in [6, 6.07) is 13.8. The zero-order valence-corrected chi connectivity index (χ0v) is 14.5. The van der Waals surface area contributed by atoms with Crippen molar-refractivity contribution in [3.05, 3.63) is 100.0 Å². The average molecular weight is 330 g/mol. The van der Waals surface area contributed by atoms with Gasteiger partial charge in [0.15, 0.2) is 0 Å². The van der Waals surface area contributed by atoms with Crippen molar-refractivity contribution >= 4 is 16.7 Å². The van der Waals surface area contributed by atoms with Gasteiger partial charge in [-0.3, -0.25) is 0 Å². The van der Waals surface area contributed by atoms with Crippen LogP contribution in [0, 0.1) is 11.8 Å². The first-order valence-corrected chi connectivity index (χ1v) is 9.68. The van der Waals surface area contributed by atoms with Gasteiger partial charge in [0, 0.05) is 11.8 Å². The number of hydrogen-bond acceptors (Lipinski definition) is 0. The molecule has 2 atom stereocenters. The predicted molar refractivity (Wildman–Crippen MR) is 108 cm³/mol. The molecule has 2 aromatic carbocycles. The van der Waals surface area contributed by atoms with Crippen LogP contribution in [0.15, 0.2) is 78.4 Å².